The van der Waals surface area contributed by atoms with E-state index in [0.29, 0.717) is 33.8 Å². The van der Waals surface area contributed by atoms with Gasteiger partial charge in [-0.1, -0.05) is 58.9 Å². The molecule has 0 radical (unpaired) electrons. The first-order valence-electron chi connectivity index (χ1n) is 19.5. The standard InChI is InChI=1S/C24H27F3N4O.C22H25FN4O/c1-22(2,3)21-30-28-14-31(21)19-12-16(11-17(13-19)20(32)29-23(4,5)6)15-7-9-18(10-8-15)24(25,26)27;1-14(2)20-26-24-13-27(20)19-11-16(15-6-8-18(23)9-7-15)10-17(12-19)21(28)25-22(3,4)5/h7-14H,1-6H3,(H,29,32);6-14H,1-5H3,(H,25,28). The normalized spacial score (nSPS) is 12.2. The van der Waals surface area contributed by atoms with E-state index in [1.807, 2.05) is 105 Å². The highest BCUT2D eigenvalue weighted by Crippen LogP contribution is 2.33. The maximum atomic E-state index is 13.4. The van der Waals surface area contributed by atoms with Crippen molar-refractivity contribution in [2.45, 2.75) is 105 Å². The van der Waals surface area contributed by atoms with Crippen LogP contribution in [0.5, 0.6) is 0 Å². The third-order valence-corrected chi connectivity index (χ3v) is 8.93. The van der Waals surface area contributed by atoms with Crippen LogP contribution in [0.4, 0.5) is 17.6 Å². The Morgan fingerprint density at radius 2 is 1.02 bits per heavy atom. The predicted molar refractivity (Wildman–Crippen MR) is 226 cm³/mol. The monoisotopic (exact) mass is 824 g/mol. The molecule has 0 unspecified atom stereocenters. The number of nitrogens with zero attached hydrogens (tertiary/aromatic N) is 6. The molecule has 14 heteroatoms. The van der Waals surface area contributed by atoms with Crippen molar-refractivity contribution in [1.82, 2.24) is 40.2 Å². The van der Waals surface area contributed by atoms with Crippen molar-refractivity contribution >= 4 is 11.8 Å². The van der Waals surface area contributed by atoms with Crippen molar-refractivity contribution in [3.8, 4) is 33.6 Å². The van der Waals surface area contributed by atoms with Crippen LogP contribution >= 0.6 is 0 Å². The fourth-order valence-corrected chi connectivity index (χ4v) is 6.19. The van der Waals surface area contributed by atoms with Crippen molar-refractivity contribution in [3.05, 3.63) is 132 Å². The highest BCUT2D eigenvalue weighted by atomic mass is 19.4. The third kappa shape index (κ3) is 11.5. The summed E-state index contributed by atoms with van der Waals surface area (Å²) in [5.74, 6) is 0.924. The highest BCUT2D eigenvalue weighted by Gasteiger charge is 2.30. The molecule has 6 aromatic rings. The summed E-state index contributed by atoms with van der Waals surface area (Å²) in [6.45, 7) is 21.5. The van der Waals surface area contributed by atoms with Gasteiger partial charge in [0.25, 0.3) is 11.8 Å². The second-order valence-electron chi connectivity index (χ2n) is 18.0. The van der Waals surface area contributed by atoms with Crippen LogP contribution < -0.4 is 10.6 Å². The molecule has 316 valence electrons. The van der Waals surface area contributed by atoms with E-state index in [1.165, 1.54) is 24.3 Å². The Hall–Kier alpha value is -6.18. The summed E-state index contributed by atoms with van der Waals surface area (Å²) < 4.78 is 56.0. The maximum absolute atomic E-state index is 13.4. The number of carbonyl (C=O) groups is 2. The molecule has 0 aliphatic rings. The Kier molecular flexibility index (Phi) is 12.9. The number of amides is 2. The summed E-state index contributed by atoms with van der Waals surface area (Å²) in [4.78, 5) is 25.8. The van der Waals surface area contributed by atoms with Crippen LogP contribution in [0.15, 0.2) is 97.6 Å². The van der Waals surface area contributed by atoms with Gasteiger partial charge in [-0.15, -0.1) is 20.4 Å². The Morgan fingerprint density at radius 1 is 0.583 bits per heavy atom. The summed E-state index contributed by atoms with van der Waals surface area (Å²) >= 11 is 0. The number of carbonyl (C=O) groups excluding carboxylic acids is 2. The number of hydrogen-bond acceptors (Lipinski definition) is 6. The third-order valence-electron chi connectivity index (χ3n) is 8.93. The molecule has 2 heterocycles. The van der Waals surface area contributed by atoms with Gasteiger partial charge >= 0.3 is 6.18 Å². The van der Waals surface area contributed by atoms with Crippen LogP contribution in [-0.2, 0) is 11.6 Å². The number of nitrogens with one attached hydrogen (secondary N) is 2. The number of hydrogen-bond donors (Lipinski definition) is 2. The number of benzene rings is 4. The van der Waals surface area contributed by atoms with Crippen molar-refractivity contribution < 1.29 is 27.2 Å². The van der Waals surface area contributed by atoms with Crippen LogP contribution in [0.2, 0.25) is 0 Å². The molecule has 60 heavy (non-hydrogen) atoms. The summed E-state index contributed by atoms with van der Waals surface area (Å²) in [6.07, 6.45) is -1.20. The Bertz CT molecular complexity index is 2450. The van der Waals surface area contributed by atoms with Gasteiger partial charge in [-0.05, 0) is 124 Å². The van der Waals surface area contributed by atoms with Gasteiger partial charge in [-0.3, -0.25) is 18.7 Å². The van der Waals surface area contributed by atoms with Crippen molar-refractivity contribution in [2.75, 3.05) is 0 Å². The van der Waals surface area contributed by atoms with Gasteiger partial charge in [0.05, 0.1) is 5.56 Å². The highest BCUT2D eigenvalue weighted by molar-refractivity contribution is 5.97. The molecular weight excluding hydrogens is 773 g/mol. The molecule has 0 spiro atoms. The Labute approximate surface area is 348 Å². The first kappa shape index (κ1) is 44.9. The van der Waals surface area contributed by atoms with Gasteiger partial charge < -0.3 is 10.6 Å². The van der Waals surface area contributed by atoms with E-state index in [4.69, 9.17) is 0 Å². The van der Waals surface area contributed by atoms with Crippen LogP contribution in [0.25, 0.3) is 33.6 Å². The molecule has 0 saturated heterocycles. The van der Waals surface area contributed by atoms with E-state index < -0.39 is 17.3 Å². The molecule has 6 rings (SSSR count). The molecule has 2 N–H and O–H groups in total. The van der Waals surface area contributed by atoms with E-state index >= 15 is 0 Å². The van der Waals surface area contributed by atoms with Crippen LogP contribution in [0, 0.1) is 5.82 Å². The van der Waals surface area contributed by atoms with Gasteiger partial charge in [-0.2, -0.15) is 13.2 Å². The lowest BCUT2D eigenvalue weighted by molar-refractivity contribution is -0.137. The van der Waals surface area contributed by atoms with Crippen molar-refractivity contribution in [1.29, 1.82) is 0 Å². The molecule has 0 aliphatic carbocycles. The fraction of sp³-hybridized carbons (Fsp3) is 0.348. The minimum atomic E-state index is -4.41. The molecule has 0 bridgehead atoms. The number of halogens is 4. The molecule has 4 aromatic carbocycles. The molecular formula is C46H52F4N8O2. The zero-order chi connectivity index (χ0) is 44.4. The van der Waals surface area contributed by atoms with Gasteiger partial charge in [0.2, 0.25) is 0 Å². The van der Waals surface area contributed by atoms with Crippen molar-refractivity contribution in [3.63, 3.8) is 0 Å². The smallest absolute Gasteiger partial charge is 0.347 e. The van der Waals surface area contributed by atoms with E-state index in [2.05, 4.69) is 31.0 Å². The fourth-order valence-electron chi connectivity index (χ4n) is 6.19. The molecule has 0 saturated carbocycles. The topological polar surface area (TPSA) is 120 Å². The Balaban J connectivity index is 0.000000230. The molecule has 0 atom stereocenters. The quantitative estimate of drug-likeness (QED) is 0.155. The van der Waals surface area contributed by atoms with Crippen LogP contribution in [-0.4, -0.2) is 52.4 Å². The molecule has 2 aromatic heterocycles. The summed E-state index contributed by atoms with van der Waals surface area (Å²) in [6, 6.07) is 21.9. The largest absolute Gasteiger partial charge is 0.416 e. The Morgan fingerprint density at radius 3 is 1.45 bits per heavy atom. The average Bonchev–Trinajstić information content (AvgIpc) is 3.85. The molecule has 2 amide bonds. The van der Waals surface area contributed by atoms with Gasteiger partial charge in [0.15, 0.2) is 0 Å². The van der Waals surface area contributed by atoms with Crippen LogP contribution in [0.1, 0.15) is 120 Å². The lowest BCUT2D eigenvalue weighted by atomic mass is 9.95. The van der Waals surface area contributed by atoms with E-state index in [9.17, 15) is 27.2 Å². The predicted octanol–water partition coefficient (Wildman–Crippen LogP) is 10.5. The van der Waals surface area contributed by atoms with Gasteiger partial charge in [0, 0.05) is 44.9 Å². The molecule has 10 nitrogen and oxygen atoms in total. The second kappa shape index (κ2) is 17.2. The zero-order valence-corrected chi connectivity index (χ0v) is 35.8. The second-order valence-corrected chi connectivity index (χ2v) is 18.0. The average molecular weight is 825 g/mol. The lowest BCUT2D eigenvalue weighted by Gasteiger charge is -2.22. The minimum Gasteiger partial charge on any atom is -0.347 e. The zero-order valence-electron chi connectivity index (χ0n) is 35.8. The van der Waals surface area contributed by atoms with E-state index in [-0.39, 0.29) is 34.5 Å². The molecule has 0 aliphatic heterocycles. The van der Waals surface area contributed by atoms with Crippen molar-refractivity contribution in [2.24, 2.45) is 0 Å². The SMILES string of the molecule is CC(C)(C)NC(=O)c1cc(-c2ccc(C(F)(F)F)cc2)cc(-n2cnnc2C(C)(C)C)c1.CC(C)c1nncn1-c1cc(C(=O)NC(C)(C)C)cc(-c2ccc(F)cc2)c1. The lowest BCUT2D eigenvalue weighted by Crippen LogP contribution is -2.40. The number of aromatic nitrogens is 6. The van der Waals surface area contributed by atoms with Crippen LogP contribution in [0.3, 0.4) is 0 Å². The van der Waals surface area contributed by atoms with Gasteiger partial charge in [0.1, 0.15) is 30.1 Å². The summed E-state index contributed by atoms with van der Waals surface area (Å²) in [5.41, 5.74) is 3.33. The molecule has 0 fully saturated rings. The maximum Gasteiger partial charge on any atom is 0.416 e. The van der Waals surface area contributed by atoms with E-state index in [0.717, 1.165) is 34.8 Å². The summed E-state index contributed by atoms with van der Waals surface area (Å²) in [5, 5.41) is 22.4. The number of alkyl halides is 3. The first-order valence-corrected chi connectivity index (χ1v) is 19.5. The van der Waals surface area contributed by atoms with E-state index in [1.54, 1.807) is 41.5 Å². The van der Waals surface area contributed by atoms with Gasteiger partial charge in [-0.25, -0.2) is 4.39 Å². The first-order chi connectivity index (χ1) is 27.8. The minimum absolute atomic E-state index is 0.170. The summed E-state index contributed by atoms with van der Waals surface area (Å²) in [7, 11) is 0. The number of rotatable bonds is 7.